The maximum absolute atomic E-state index is 11.5. The highest BCUT2D eigenvalue weighted by Crippen LogP contribution is 2.17. The molecule has 0 aromatic carbocycles. The maximum Gasteiger partial charge on any atom is 0.522 e. The molecule has 3 nitrogen and oxygen atoms in total. The van der Waals surface area contributed by atoms with Gasteiger partial charge >= 0.3 is 6.36 Å². The molecule has 1 rings (SSSR count). The zero-order chi connectivity index (χ0) is 9.90. The molecule has 0 saturated carbocycles. The van der Waals surface area contributed by atoms with E-state index in [1.807, 2.05) is 4.90 Å². The Labute approximate surface area is 74.6 Å². The third-order valence-corrected chi connectivity index (χ3v) is 2.04. The Bertz CT molecular complexity index is 156. The van der Waals surface area contributed by atoms with Gasteiger partial charge in [0.2, 0.25) is 0 Å². The summed E-state index contributed by atoms with van der Waals surface area (Å²) in [6.45, 7) is 2.23. The summed E-state index contributed by atoms with van der Waals surface area (Å²) >= 11 is 0. The van der Waals surface area contributed by atoms with E-state index >= 15 is 0 Å². The van der Waals surface area contributed by atoms with E-state index in [0.29, 0.717) is 19.0 Å². The molecule has 0 atom stereocenters. The normalized spacial score (nSPS) is 20.3. The standard InChI is InChI=1S/C7H13F3N2O/c8-7(9,10)13-2-1-12-4-6(3-11)5-12/h6H,1-5,11H2. The van der Waals surface area contributed by atoms with Gasteiger partial charge < -0.3 is 10.6 Å². The Hall–Kier alpha value is -0.330. The minimum Gasteiger partial charge on any atom is -0.330 e. The van der Waals surface area contributed by atoms with Gasteiger partial charge in [-0.1, -0.05) is 0 Å². The van der Waals surface area contributed by atoms with Crippen molar-refractivity contribution in [3.8, 4) is 0 Å². The summed E-state index contributed by atoms with van der Waals surface area (Å²) in [4.78, 5) is 1.89. The first-order chi connectivity index (χ1) is 6.01. The Morgan fingerprint density at radius 2 is 2.00 bits per heavy atom. The van der Waals surface area contributed by atoms with Crippen molar-refractivity contribution in [1.82, 2.24) is 4.90 Å². The molecule has 0 aliphatic carbocycles. The van der Waals surface area contributed by atoms with Gasteiger partial charge in [0.1, 0.15) is 0 Å². The van der Waals surface area contributed by atoms with Crippen LogP contribution in [0.25, 0.3) is 0 Å². The third-order valence-electron chi connectivity index (χ3n) is 2.04. The van der Waals surface area contributed by atoms with Crippen LogP contribution in [-0.2, 0) is 4.74 Å². The molecule has 1 fully saturated rings. The molecule has 1 aliphatic heterocycles. The lowest BCUT2D eigenvalue weighted by Crippen LogP contribution is -2.51. The molecular formula is C7H13F3N2O. The molecule has 1 heterocycles. The molecule has 0 aromatic heterocycles. The molecule has 0 aromatic rings. The van der Waals surface area contributed by atoms with Gasteiger partial charge in [0.25, 0.3) is 0 Å². The van der Waals surface area contributed by atoms with Crippen molar-refractivity contribution in [2.45, 2.75) is 6.36 Å². The number of nitrogens with zero attached hydrogens (tertiary/aromatic N) is 1. The van der Waals surface area contributed by atoms with Crippen LogP contribution in [0.3, 0.4) is 0 Å². The van der Waals surface area contributed by atoms with E-state index in [1.54, 1.807) is 0 Å². The minimum absolute atomic E-state index is 0.291. The summed E-state index contributed by atoms with van der Waals surface area (Å²) in [5, 5.41) is 0. The lowest BCUT2D eigenvalue weighted by Gasteiger charge is -2.38. The molecule has 6 heteroatoms. The molecule has 0 bridgehead atoms. The van der Waals surface area contributed by atoms with Crippen LogP contribution in [0, 0.1) is 5.92 Å². The Kier molecular flexibility index (Phi) is 3.52. The Morgan fingerprint density at radius 3 is 2.46 bits per heavy atom. The quantitative estimate of drug-likeness (QED) is 0.711. The number of rotatable bonds is 4. The Morgan fingerprint density at radius 1 is 1.38 bits per heavy atom. The van der Waals surface area contributed by atoms with Crippen LogP contribution in [0.1, 0.15) is 0 Å². The smallest absolute Gasteiger partial charge is 0.330 e. The third kappa shape index (κ3) is 3.93. The van der Waals surface area contributed by atoms with Crippen molar-refractivity contribution >= 4 is 0 Å². The van der Waals surface area contributed by atoms with Gasteiger partial charge in [-0.15, -0.1) is 13.2 Å². The van der Waals surface area contributed by atoms with Crippen molar-refractivity contribution in [3.05, 3.63) is 0 Å². The van der Waals surface area contributed by atoms with Crippen molar-refractivity contribution in [3.63, 3.8) is 0 Å². The number of likely N-dealkylation sites (tertiary alicyclic amines) is 1. The van der Waals surface area contributed by atoms with Gasteiger partial charge in [0, 0.05) is 19.6 Å². The van der Waals surface area contributed by atoms with Crippen LogP contribution in [0.5, 0.6) is 0 Å². The fraction of sp³-hybridized carbons (Fsp3) is 1.00. The summed E-state index contributed by atoms with van der Waals surface area (Å²) in [6, 6.07) is 0. The molecule has 0 amide bonds. The van der Waals surface area contributed by atoms with Gasteiger partial charge in [-0.2, -0.15) is 0 Å². The predicted molar refractivity (Wildman–Crippen MR) is 41.0 cm³/mol. The highest BCUT2D eigenvalue weighted by Gasteiger charge is 2.30. The highest BCUT2D eigenvalue weighted by molar-refractivity contribution is 4.79. The van der Waals surface area contributed by atoms with Crippen LogP contribution < -0.4 is 5.73 Å². The van der Waals surface area contributed by atoms with Crippen LogP contribution in [0.4, 0.5) is 13.2 Å². The van der Waals surface area contributed by atoms with Crippen molar-refractivity contribution in [1.29, 1.82) is 0 Å². The van der Waals surface area contributed by atoms with E-state index in [9.17, 15) is 13.2 Å². The number of nitrogens with two attached hydrogens (primary N) is 1. The van der Waals surface area contributed by atoms with Crippen LogP contribution in [0.15, 0.2) is 0 Å². The van der Waals surface area contributed by atoms with Crippen molar-refractivity contribution < 1.29 is 17.9 Å². The maximum atomic E-state index is 11.5. The lowest BCUT2D eigenvalue weighted by atomic mass is 10.0. The second-order valence-corrected chi connectivity index (χ2v) is 3.16. The van der Waals surface area contributed by atoms with Crippen molar-refractivity contribution in [2.24, 2.45) is 11.7 Å². The zero-order valence-corrected chi connectivity index (χ0v) is 7.18. The van der Waals surface area contributed by atoms with Crippen LogP contribution >= 0.6 is 0 Å². The molecule has 78 valence electrons. The highest BCUT2D eigenvalue weighted by atomic mass is 19.4. The summed E-state index contributed by atoms with van der Waals surface area (Å²) < 4.78 is 38.2. The number of hydrogen-bond acceptors (Lipinski definition) is 3. The molecule has 0 unspecified atom stereocenters. The lowest BCUT2D eigenvalue weighted by molar-refractivity contribution is -0.325. The topological polar surface area (TPSA) is 38.5 Å². The molecule has 1 aliphatic rings. The van der Waals surface area contributed by atoms with Gasteiger partial charge in [-0.25, -0.2) is 0 Å². The summed E-state index contributed by atoms with van der Waals surface area (Å²) in [6.07, 6.45) is -4.50. The van der Waals surface area contributed by atoms with Gasteiger partial charge in [-0.05, 0) is 12.5 Å². The first kappa shape index (κ1) is 10.7. The second kappa shape index (κ2) is 4.26. The minimum atomic E-state index is -4.50. The Balaban J connectivity index is 1.97. The van der Waals surface area contributed by atoms with Crippen LogP contribution in [-0.4, -0.2) is 44.0 Å². The summed E-state index contributed by atoms with van der Waals surface area (Å²) in [5.41, 5.74) is 5.36. The van der Waals surface area contributed by atoms with E-state index in [-0.39, 0.29) is 6.61 Å². The molecule has 0 spiro atoms. The number of halogens is 3. The summed E-state index contributed by atoms with van der Waals surface area (Å²) in [5.74, 6) is 0.450. The molecular weight excluding hydrogens is 185 g/mol. The fourth-order valence-corrected chi connectivity index (χ4v) is 1.30. The average Bonchev–Trinajstić information content (AvgIpc) is 1.91. The zero-order valence-electron chi connectivity index (χ0n) is 7.18. The molecule has 1 saturated heterocycles. The SMILES string of the molecule is NCC1CN(CCOC(F)(F)F)C1. The van der Waals surface area contributed by atoms with Gasteiger partial charge in [-0.3, -0.25) is 4.74 Å². The fourth-order valence-electron chi connectivity index (χ4n) is 1.30. The largest absolute Gasteiger partial charge is 0.522 e. The average molecular weight is 198 g/mol. The van der Waals surface area contributed by atoms with E-state index in [4.69, 9.17) is 5.73 Å². The van der Waals surface area contributed by atoms with E-state index in [0.717, 1.165) is 13.1 Å². The number of hydrogen-bond donors (Lipinski definition) is 1. The van der Waals surface area contributed by atoms with Gasteiger partial charge in [0.05, 0.1) is 6.61 Å². The second-order valence-electron chi connectivity index (χ2n) is 3.16. The predicted octanol–water partition coefficient (Wildman–Crippen LogP) is 0.413. The molecule has 0 radical (unpaired) electrons. The van der Waals surface area contributed by atoms with E-state index in [2.05, 4.69) is 4.74 Å². The van der Waals surface area contributed by atoms with E-state index < -0.39 is 6.36 Å². The van der Waals surface area contributed by atoms with E-state index in [1.165, 1.54) is 0 Å². The molecule has 13 heavy (non-hydrogen) atoms. The first-order valence-corrected chi connectivity index (χ1v) is 4.14. The van der Waals surface area contributed by atoms with Crippen molar-refractivity contribution in [2.75, 3.05) is 32.8 Å². The summed E-state index contributed by atoms with van der Waals surface area (Å²) in [7, 11) is 0. The molecule has 2 N–H and O–H groups in total. The first-order valence-electron chi connectivity index (χ1n) is 4.14. The number of alkyl halides is 3. The number of ether oxygens (including phenoxy) is 1. The van der Waals surface area contributed by atoms with Crippen LogP contribution in [0.2, 0.25) is 0 Å². The van der Waals surface area contributed by atoms with Gasteiger partial charge in [0.15, 0.2) is 0 Å². The monoisotopic (exact) mass is 198 g/mol.